The Balaban J connectivity index is 1.38. The molecule has 1 aromatic heterocycles. The van der Waals surface area contributed by atoms with Crippen LogP contribution in [-0.4, -0.2) is 80.4 Å². The molecule has 1 amide bonds. The van der Waals surface area contributed by atoms with Crippen molar-refractivity contribution in [2.75, 3.05) is 69.4 Å². The molecule has 4 rings (SSSR count). The Hall–Kier alpha value is -2.87. The molecule has 8 heteroatoms. The summed E-state index contributed by atoms with van der Waals surface area (Å²) in [4.78, 5) is 28.6. The van der Waals surface area contributed by atoms with Crippen LogP contribution in [0, 0.1) is 6.92 Å². The topological polar surface area (TPSA) is 71.0 Å². The van der Waals surface area contributed by atoms with Crippen LogP contribution in [-0.2, 0) is 16.0 Å². The molecular weight excluding hydrogens is 382 g/mol. The first-order valence-electron chi connectivity index (χ1n) is 10.5. The van der Waals surface area contributed by atoms with E-state index in [4.69, 9.17) is 14.5 Å². The van der Waals surface area contributed by atoms with Crippen molar-refractivity contribution in [3.63, 3.8) is 0 Å². The second kappa shape index (κ2) is 9.30. The number of hydrogen-bond acceptors (Lipinski definition) is 7. The number of hydrogen-bond donors (Lipinski definition) is 0. The molecule has 160 valence electrons. The Morgan fingerprint density at radius 2 is 1.77 bits per heavy atom. The highest BCUT2D eigenvalue weighted by Gasteiger charge is 2.24. The average molecular weight is 412 g/mol. The van der Waals surface area contributed by atoms with Crippen LogP contribution in [0.3, 0.4) is 0 Å². The standard InChI is InChI=1S/C22H29N5O3/c1-17-15-20(24-22(23-17)27-11-13-30-14-12-27)25-7-9-26(10-8-25)21(28)16-18-5-3-4-6-19(18)29-2/h3-6,15H,7-14,16H2,1-2H3. The largest absolute Gasteiger partial charge is 0.496 e. The summed E-state index contributed by atoms with van der Waals surface area (Å²) in [5, 5.41) is 0. The van der Waals surface area contributed by atoms with Crippen molar-refractivity contribution >= 4 is 17.7 Å². The molecule has 8 nitrogen and oxygen atoms in total. The lowest BCUT2D eigenvalue weighted by Crippen LogP contribution is -2.49. The van der Waals surface area contributed by atoms with Crippen LogP contribution < -0.4 is 14.5 Å². The van der Waals surface area contributed by atoms with Gasteiger partial charge in [0, 0.05) is 56.6 Å². The number of amides is 1. The number of carbonyl (C=O) groups excluding carboxylic acids is 1. The maximum atomic E-state index is 12.8. The number of para-hydroxylation sites is 1. The van der Waals surface area contributed by atoms with Crippen LogP contribution in [0.25, 0.3) is 0 Å². The van der Waals surface area contributed by atoms with Crippen LogP contribution in [0.2, 0.25) is 0 Å². The van der Waals surface area contributed by atoms with Gasteiger partial charge in [-0.15, -0.1) is 0 Å². The fourth-order valence-electron chi connectivity index (χ4n) is 3.91. The SMILES string of the molecule is COc1ccccc1CC(=O)N1CCN(c2cc(C)nc(N3CCOCC3)n2)CC1. The van der Waals surface area contributed by atoms with Crippen molar-refractivity contribution in [1.82, 2.24) is 14.9 Å². The molecule has 2 aromatic rings. The first kappa shape index (κ1) is 20.4. The van der Waals surface area contributed by atoms with Gasteiger partial charge in [0.1, 0.15) is 11.6 Å². The van der Waals surface area contributed by atoms with Gasteiger partial charge in [-0.05, 0) is 13.0 Å². The number of anilines is 2. The molecule has 0 aliphatic carbocycles. The number of rotatable bonds is 5. The van der Waals surface area contributed by atoms with Crippen molar-refractivity contribution in [3.8, 4) is 5.75 Å². The normalized spacial score (nSPS) is 17.2. The van der Waals surface area contributed by atoms with E-state index >= 15 is 0 Å². The van der Waals surface area contributed by atoms with Crippen molar-refractivity contribution in [3.05, 3.63) is 41.6 Å². The minimum absolute atomic E-state index is 0.132. The van der Waals surface area contributed by atoms with Crippen LogP contribution in [0.15, 0.2) is 30.3 Å². The van der Waals surface area contributed by atoms with Crippen LogP contribution in [0.4, 0.5) is 11.8 Å². The summed E-state index contributed by atoms with van der Waals surface area (Å²) < 4.78 is 10.8. The Labute approximate surface area is 177 Å². The molecule has 0 radical (unpaired) electrons. The van der Waals surface area contributed by atoms with Crippen molar-refractivity contribution in [1.29, 1.82) is 0 Å². The zero-order chi connectivity index (χ0) is 20.9. The van der Waals surface area contributed by atoms with Gasteiger partial charge in [0.15, 0.2) is 0 Å². The quantitative estimate of drug-likeness (QED) is 0.739. The van der Waals surface area contributed by atoms with E-state index in [1.807, 2.05) is 42.2 Å². The number of aromatic nitrogens is 2. The lowest BCUT2D eigenvalue weighted by molar-refractivity contribution is -0.130. The average Bonchev–Trinajstić information content (AvgIpc) is 2.79. The highest BCUT2D eigenvalue weighted by molar-refractivity contribution is 5.79. The smallest absolute Gasteiger partial charge is 0.227 e. The Kier molecular flexibility index (Phi) is 6.32. The number of piperazine rings is 1. The maximum Gasteiger partial charge on any atom is 0.227 e. The van der Waals surface area contributed by atoms with Gasteiger partial charge in [-0.2, -0.15) is 4.98 Å². The van der Waals surface area contributed by atoms with Gasteiger partial charge in [0.05, 0.1) is 26.7 Å². The van der Waals surface area contributed by atoms with Gasteiger partial charge >= 0.3 is 0 Å². The zero-order valence-corrected chi connectivity index (χ0v) is 17.7. The van der Waals surface area contributed by atoms with Crippen molar-refractivity contribution in [2.24, 2.45) is 0 Å². The van der Waals surface area contributed by atoms with Gasteiger partial charge in [-0.1, -0.05) is 18.2 Å². The molecule has 2 aliphatic heterocycles. The van der Waals surface area contributed by atoms with Gasteiger partial charge in [0.2, 0.25) is 11.9 Å². The third-order valence-corrected chi connectivity index (χ3v) is 5.61. The van der Waals surface area contributed by atoms with E-state index in [0.717, 1.165) is 55.0 Å². The van der Waals surface area contributed by atoms with E-state index in [1.54, 1.807) is 7.11 Å². The van der Waals surface area contributed by atoms with E-state index in [1.165, 1.54) is 0 Å². The molecule has 0 spiro atoms. The Bertz CT molecular complexity index is 877. The predicted molar refractivity (Wildman–Crippen MR) is 115 cm³/mol. The first-order valence-corrected chi connectivity index (χ1v) is 10.5. The molecule has 0 N–H and O–H groups in total. The molecule has 2 fully saturated rings. The third-order valence-electron chi connectivity index (χ3n) is 5.61. The number of methoxy groups -OCH3 is 1. The monoisotopic (exact) mass is 411 g/mol. The first-order chi connectivity index (χ1) is 14.6. The van der Waals surface area contributed by atoms with Gasteiger partial charge in [0.25, 0.3) is 0 Å². The minimum atomic E-state index is 0.132. The summed E-state index contributed by atoms with van der Waals surface area (Å²) in [5.41, 5.74) is 1.88. The van der Waals surface area contributed by atoms with Gasteiger partial charge in [-0.25, -0.2) is 4.98 Å². The van der Waals surface area contributed by atoms with Gasteiger partial charge < -0.3 is 24.2 Å². The second-order valence-corrected chi connectivity index (χ2v) is 7.62. The van der Waals surface area contributed by atoms with Crippen LogP contribution in [0.1, 0.15) is 11.3 Å². The van der Waals surface area contributed by atoms with E-state index in [-0.39, 0.29) is 5.91 Å². The molecule has 1 aromatic carbocycles. The fourth-order valence-corrected chi connectivity index (χ4v) is 3.91. The Morgan fingerprint density at radius 3 is 2.50 bits per heavy atom. The molecule has 3 heterocycles. The predicted octanol–water partition coefficient (Wildman–Crippen LogP) is 1.52. The number of benzene rings is 1. The van der Waals surface area contributed by atoms with E-state index < -0.39 is 0 Å². The number of carbonyl (C=O) groups is 1. The lowest BCUT2D eigenvalue weighted by atomic mass is 10.1. The summed E-state index contributed by atoms with van der Waals surface area (Å²) >= 11 is 0. The minimum Gasteiger partial charge on any atom is -0.496 e. The van der Waals surface area contributed by atoms with Crippen molar-refractivity contribution < 1.29 is 14.3 Å². The van der Waals surface area contributed by atoms with Crippen LogP contribution >= 0.6 is 0 Å². The summed E-state index contributed by atoms with van der Waals surface area (Å²) in [6.45, 7) is 7.94. The molecule has 30 heavy (non-hydrogen) atoms. The van der Waals surface area contributed by atoms with E-state index in [0.29, 0.717) is 32.7 Å². The number of aryl methyl sites for hydroxylation is 1. The number of nitrogens with zero attached hydrogens (tertiary/aromatic N) is 5. The fraction of sp³-hybridized carbons (Fsp3) is 0.500. The molecule has 0 atom stereocenters. The molecule has 0 saturated carbocycles. The molecular formula is C22H29N5O3. The zero-order valence-electron chi connectivity index (χ0n) is 17.7. The molecule has 0 bridgehead atoms. The summed E-state index contributed by atoms with van der Waals surface area (Å²) in [5.74, 6) is 2.59. The summed E-state index contributed by atoms with van der Waals surface area (Å²) in [6, 6.07) is 9.72. The summed E-state index contributed by atoms with van der Waals surface area (Å²) in [7, 11) is 1.64. The third kappa shape index (κ3) is 4.64. The van der Waals surface area contributed by atoms with Crippen LogP contribution in [0.5, 0.6) is 5.75 Å². The van der Waals surface area contributed by atoms with Gasteiger partial charge in [-0.3, -0.25) is 4.79 Å². The summed E-state index contributed by atoms with van der Waals surface area (Å²) in [6.07, 6.45) is 0.359. The maximum absolute atomic E-state index is 12.8. The number of morpholine rings is 1. The Morgan fingerprint density at radius 1 is 1.03 bits per heavy atom. The second-order valence-electron chi connectivity index (χ2n) is 7.62. The molecule has 2 saturated heterocycles. The highest BCUT2D eigenvalue weighted by atomic mass is 16.5. The molecule has 0 unspecified atom stereocenters. The van der Waals surface area contributed by atoms with E-state index in [9.17, 15) is 4.79 Å². The van der Waals surface area contributed by atoms with E-state index in [2.05, 4.69) is 14.8 Å². The number of ether oxygens (including phenoxy) is 2. The molecule has 2 aliphatic rings. The van der Waals surface area contributed by atoms with Crippen molar-refractivity contribution in [2.45, 2.75) is 13.3 Å². The highest BCUT2D eigenvalue weighted by Crippen LogP contribution is 2.21. The lowest BCUT2D eigenvalue weighted by Gasteiger charge is -2.36.